The molecule has 0 fully saturated rings. The largest absolute Gasteiger partial charge is 0.454 e. The second kappa shape index (κ2) is 6.70. The second-order valence-corrected chi connectivity index (χ2v) is 6.85. The van der Waals surface area contributed by atoms with Crippen LogP contribution >= 0.6 is 22.9 Å². The van der Waals surface area contributed by atoms with E-state index in [0.717, 1.165) is 5.00 Å². The van der Waals surface area contributed by atoms with E-state index in [-0.39, 0.29) is 5.91 Å². The molecule has 4 rings (SSSR count). The van der Waals surface area contributed by atoms with Gasteiger partial charge in [-0.25, -0.2) is 4.79 Å². The van der Waals surface area contributed by atoms with Crippen molar-refractivity contribution in [3.8, 4) is 11.5 Å². The highest BCUT2D eigenvalue weighted by Gasteiger charge is 2.21. The summed E-state index contributed by atoms with van der Waals surface area (Å²) < 4.78 is 5.80. The molecule has 2 aromatic carbocycles. The smallest absolute Gasteiger partial charge is 0.324 e. The average Bonchev–Trinajstić information content (AvgIpc) is 3.06. The zero-order valence-corrected chi connectivity index (χ0v) is 14.8. The van der Waals surface area contributed by atoms with Crippen LogP contribution < -0.4 is 20.7 Å². The molecular formula is C18H12ClN3O3S. The lowest BCUT2D eigenvalue weighted by atomic mass is 10.1. The number of nitrogens with one attached hydrogen (secondary N) is 3. The minimum atomic E-state index is -0.391. The maximum atomic E-state index is 12.5. The van der Waals surface area contributed by atoms with Crippen LogP contribution in [0.3, 0.4) is 0 Å². The van der Waals surface area contributed by atoms with Gasteiger partial charge in [0, 0.05) is 10.7 Å². The van der Waals surface area contributed by atoms with Crippen LogP contribution in [0.1, 0.15) is 10.4 Å². The van der Waals surface area contributed by atoms with Crippen LogP contribution in [0.25, 0.3) is 0 Å². The van der Waals surface area contributed by atoms with Crippen LogP contribution in [0.5, 0.6) is 11.5 Å². The average molecular weight is 386 g/mol. The summed E-state index contributed by atoms with van der Waals surface area (Å²) in [6.07, 6.45) is 0. The van der Waals surface area contributed by atoms with Crippen LogP contribution in [0.2, 0.25) is 5.02 Å². The summed E-state index contributed by atoms with van der Waals surface area (Å²) in [5, 5.41) is 11.3. The molecule has 0 aliphatic carbocycles. The SMILES string of the molecule is O=C(Nc1ccc2c(c1)C(=O)Nc1cc(Cl)ccc1O2)Nc1cccs1. The molecule has 0 unspecified atom stereocenters. The molecule has 1 aliphatic heterocycles. The molecule has 3 aromatic rings. The van der Waals surface area contributed by atoms with E-state index in [4.69, 9.17) is 16.3 Å². The fourth-order valence-corrected chi connectivity index (χ4v) is 3.28. The van der Waals surface area contributed by atoms with Crippen LogP contribution in [0, 0.1) is 0 Å². The van der Waals surface area contributed by atoms with E-state index in [1.165, 1.54) is 11.3 Å². The number of ether oxygens (including phenoxy) is 1. The van der Waals surface area contributed by atoms with Gasteiger partial charge in [0.1, 0.15) is 5.75 Å². The van der Waals surface area contributed by atoms with E-state index in [2.05, 4.69) is 16.0 Å². The number of halogens is 1. The van der Waals surface area contributed by atoms with E-state index in [0.29, 0.717) is 33.5 Å². The molecule has 26 heavy (non-hydrogen) atoms. The predicted molar refractivity (Wildman–Crippen MR) is 103 cm³/mol. The van der Waals surface area contributed by atoms with Gasteiger partial charge in [0.15, 0.2) is 5.75 Å². The van der Waals surface area contributed by atoms with Gasteiger partial charge in [0.25, 0.3) is 5.91 Å². The first-order valence-corrected chi connectivity index (χ1v) is 8.88. The first-order chi connectivity index (χ1) is 12.6. The quantitative estimate of drug-likeness (QED) is 0.552. The molecule has 2 heterocycles. The lowest BCUT2D eigenvalue weighted by Gasteiger charge is -2.10. The van der Waals surface area contributed by atoms with Crippen LogP contribution in [0.4, 0.5) is 21.2 Å². The molecule has 0 saturated heterocycles. The van der Waals surface area contributed by atoms with Gasteiger partial charge >= 0.3 is 6.03 Å². The van der Waals surface area contributed by atoms with Crippen molar-refractivity contribution in [1.82, 2.24) is 0 Å². The fraction of sp³-hybridized carbons (Fsp3) is 0. The number of amides is 3. The fourth-order valence-electron chi connectivity index (χ4n) is 2.50. The Morgan fingerprint density at radius 2 is 1.92 bits per heavy atom. The van der Waals surface area contributed by atoms with Gasteiger partial charge in [-0.1, -0.05) is 11.6 Å². The lowest BCUT2D eigenvalue weighted by Crippen LogP contribution is -2.19. The number of hydrogen-bond donors (Lipinski definition) is 3. The molecule has 130 valence electrons. The Morgan fingerprint density at radius 3 is 2.73 bits per heavy atom. The summed E-state index contributed by atoms with van der Waals surface area (Å²) >= 11 is 7.38. The monoisotopic (exact) mass is 385 g/mol. The Balaban J connectivity index is 1.57. The number of carbonyl (C=O) groups excluding carboxylic acids is 2. The van der Waals surface area contributed by atoms with E-state index in [1.54, 1.807) is 42.5 Å². The third-order valence-corrected chi connectivity index (χ3v) is 4.67. The van der Waals surface area contributed by atoms with Crippen molar-refractivity contribution in [2.75, 3.05) is 16.0 Å². The van der Waals surface area contributed by atoms with Gasteiger partial charge in [-0.15, -0.1) is 11.3 Å². The van der Waals surface area contributed by atoms with Gasteiger partial charge < -0.3 is 15.4 Å². The Hall–Kier alpha value is -3.03. The lowest BCUT2D eigenvalue weighted by molar-refractivity contribution is 0.102. The third kappa shape index (κ3) is 3.35. The van der Waals surface area contributed by atoms with Crippen molar-refractivity contribution in [2.45, 2.75) is 0 Å². The standard InChI is InChI=1S/C18H12ClN3O3S/c19-10-3-5-15-13(8-10)21-17(23)12-9-11(4-6-14(12)25-15)20-18(24)22-16-2-1-7-26-16/h1-9H,(H,21,23)(H2,20,22,24). The van der Waals surface area contributed by atoms with Crippen molar-refractivity contribution in [1.29, 1.82) is 0 Å². The molecule has 3 amide bonds. The highest BCUT2D eigenvalue weighted by molar-refractivity contribution is 7.14. The third-order valence-electron chi connectivity index (χ3n) is 3.65. The van der Waals surface area contributed by atoms with E-state index >= 15 is 0 Å². The molecule has 1 aromatic heterocycles. The van der Waals surface area contributed by atoms with Gasteiger partial charge in [-0.3, -0.25) is 10.1 Å². The zero-order chi connectivity index (χ0) is 18.1. The Bertz CT molecular complexity index is 1000. The number of hydrogen-bond acceptors (Lipinski definition) is 4. The molecule has 1 aliphatic rings. The molecule has 8 heteroatoms. The molecule has 0 radical (unpaired) electrons. The molecule has 6 nitrogen and oxygen atoms in total. The van der Waals surface area contributed by atoms with Gasteiger partial charge in [0.2, 0.25) is 0 Å². The first kappa shape index (κ1) is 16.4. The molecule has 0 saturated carbocycles. The zero-order valence-electron chi connectivity index (χ0n) is 13.2. The normalized spacial score (nSPS) is 12.1. The van der Waals surface area contributed by atoms with Crippen LogP contribution in [-0.2, 0) is 0 Å². The highest BCUT2D eigenvalue weighted by atomic mass is 35.5. The number of urea groups is 1. The number of fused-ring (bicyclic) bond motifs is 2. The van der Waals surface area contributed by atoms with E-state index in [9.17, 15) is 9.59 Å². The maximum absolute atomic E-state index is 12.5. The van der Waals surface area contributed by atoms with Gasteiger partial charge in [0.05, 0.1) is 16.3 Å². The number of anilines is 3. The summed E-state index contributed by atoms with van der Waals surface area (Å²) in [5.41, 5.74) is 1.27. The molecular weight excluding hydrogens is 374 g/mol. The summed E-state index contributed by atoms with van der Waals surface area (Å²) in [4.78, 5) is 24.6. The minimum absolute atomic E-state index is 0.311. The predicted octanol–water partition coefficient (Wildman–Crippen LogP) is 5.40. The summed E-state index contributed by atoms with van der Waals surface area (Å²) in [6, 6.07) is 13.1. The van der Waals surface area contributed by atoms with E-state index < -0.39 is 6.03 Å². The number of benzene rings is 2. The molecule has 0 bridgehead atoms. The van der Waals surface area contributed by atoms with Crippen LogP contribution in [-0.4, -0.2) is 11.9 Å². The molecule has 0 spiro atoms. The van der Waals surface area contributed by atoms with Crippen molar-refractivity contribution in [3.05, 3.63) is 64.5 Å². The second-order valence-electron chi connectivity index (χ2n) is 5.46. The van der Waals surface area contributed by atoms with Crippen molar-refractivity contribution in [2.24, 2.45) is 0 Å². The summed E-state index contributed by atoms with van der Waals surface area (Å²) in [7, 11) is 0. The van der Waals surface area contributed by atoms with Crippen molar-refractivity contribution >= 4 is 51.3 Å². The Morgan fingerprint density at radius 1 is 1.08 bits per heavy atom. The first-order valence-electron chi connectivity index (χ1n) is 7.63. The maximum Gasteiger partial charge on any atom is 0.324 e. The highest BCUT2D eigenvalue weighted by Crippen LogP contribution is 2.37. The van der Waals surface area contributed by atoms with Crippen molar-refractivity contribution < 1.29 is 14.3 Å². The number of rotatable bonds is 2. The van der Waals surface area contributed by atoms with Gasteiger partial charge in [-0.2, -0.15) is 0 Å². The topological polar surface area (TPSA) is 79.5 Å². The van der Waals surface area contributed by atoms with E-state index in [1.807, 2.05) is 11.4 Å². The number of thiophene rings is 1. The Kier molecular flexibility index (Phi) is 4.24. The summed E-state index contributed by atoms with van der Waals surface area (Å²) in [6.45, 7) is 0. The van der Waals surface area contributed by atoms with Crippen LogP contribution in [0.15, 0.2) is 53.9 Å². The van der Waals surface area contributed by atoms with Gasteiger partial charge in [-0.05, 0) is 53.9 Å². The number of carbonyl (C=O) groups is 2. The Labute approximate surface area is 157 Å². The molecule has 0 atom stereocenters. The van der Waals surface area contributed by atoms with Crippen molar-refractivity contribution in [3.63, 3.8) is 0 Å². The molecule has 3 N–H and O–H groups in total. The summed E-state index contributed by atoms with van der Waals surface area (Å²) in [5.74, 6) is 0.550. The minimum Gasteiger partial charge on any atom is -0.454 e.